The van der Waals surface area contributed by atoms with Crippen molar-refractivity contribution in [1.82, 2.24) is 5.32 Å². The third-order valence-corrected chi connectivity index (χ3v) is 3.86. The van der Waals surface area contributed by atoms with Crippen molar-refractivity contribution < 1.29 is 18.7 Å². The molecule has 6 heteroatoms. The third kappa shape index (κ3) is 4.98. The highest BCUT2D eigenvalue weighted by atomic mass is 16.5. The van der Waals surface area contributed by atoms with Gasteiger partial charge in [0.05, 0.1) is 24.1 Å². The molecule has 1 atom stereocenters. The lowest BCUT2D eigenvalue weighted by Gasteiger charge is -2.16. The molecule has 138 valence electrons. The molecule has 2 amide bonds. The van der Waals surface area contributed by atoms with Crippen molar-refractivity contribution >= 4 is 17.5 Å². The van der Waals surface area contributed by atoms with Crippen LogP contribution >= 0.6 is 0 Å². The van der Waals surface area contributed by atoms with Gasteiger partial charge in [-0.1, -0.05) is 30.3 Å². The molecule has 0 fully saturated rings. The highest BCUT2D eigenvalue weighted by Gasteiger charge is 2.18. The zero-order chi connectivity index (χ0) is 19.1. The minimum absolute atomic E-state index is 0.266. The van der Waals surface area contributed by atoms with E-state index in [-0.39, 0.29) is 18.4 Å². The minimum Gasteiger partial charge on any atom is -0.481 e. The molecule has 27 heavy (non-hydrogen) atoms. The number of hydrogen-bond donors (Lipinski definition) is 2. The number of rotatable bonds is 7. The van der Waals surface area contributed by atoms with E-state index in [9.17, 15) is 9.59 Å². The third-order valence-electron chi connectivity index (χ3n) is 3.86. The maximum absolute atomic E-state index is 12.5. The molecule has 0 aliphatic carbocycles. The van der Waals surface area contributed by atoms with Gasteiger partial charge in [0, 0.05) is 0 Å². The lowest BCUT2D eigenvalue weighted by Crippen LogP contribution is -2.31. The van der Waals surface area contributed by atoms with Gasteiger partial charge < -0.3 is 19.8 Å². The van der Waals surface area contributed by atoms with Gasteiger partial charge in [0.1, 0.15) is 11.5 Å². The Kier molecular flexibility index (Phi) is 5.89. The first-order chi connectivity index (χ1) is 13.1. The number of benzene rings is 2. The second-order valence-corrected chi connectivity index (χ2v) is 5.87. The summed E-state index contributed by atoms with van der Waals surface area (Å²) in [6, 6.07) is 19.4. The first kappa shape index (κ1) is 18.3. The van der Waals surface area contributed by atoms with Gasteiger partial charge >= 0.3 is 0 Å². The number of para-hydroxylation sites is 2. The van der Waals surface area contributed by atoms with Crippen molar-refractivity contribution in [3.05, 3.63) is 84.3 Å². The van der Waals surface area contributed by atoms with Crippen LogP contribution in [0.2, 0.25) is 0 Å². The highest BCUT2D eigenvalue weighted by Crippen LogP contribution is 2.17. The molecule has 0 unspecified atom stereocenters. The molecule has 0 aliphatic heterocycles. The molecule has 1 aromatic heterocycles. The fourth-order valence-electron chi connectivity index (χ4n) is 2.46. The van der Waals surface area contributed by atoms with Gasteiger partial charge in [-0.15, -0.1) is 0 Å². The van der Waals surface area contributed by atoms with Gasteiger partial charge in [-0.2, -0.15) is 0 Å². The maximum Gasteiger partial charge on any atom is 0.265 e. The molecule has 2 N–H and O–H groups in total. The van der Waals surface area contributed by atoms with Crippen molar-refractivity contribution in [3.63, 3.8) is 0 Å². The fourth-order valence-corrected chi connectivity index (χ4v) is 2.46. The summed E-state index contributed by atoms with van der Waals surface area (Å²) in [5.74, 6) is 0.600. The molecule has 0 bridgehead atoms. The summed E-state index contributed by atoms with van der Waals surface area (Å²) in [6.45, 7) is 1.92. The van der Waals surface area contributed by atoms with Crippen LogP contribution in [-0.2, 0) is 11.3 Å². The number of anilines is 1. The van der Waals surface area contributed by atoms with E-state index in [2.05, 4.69) is 10.6 Å². The van der Waals surface area contributed by atoms with Crippen molar-refractivity contribution in [2.24, 2.45) is 0 Å². The topological polar surface area (TPSA) is 80.6 Å². The Labute approximate surface area is 157 Å². The summed E-state index contributed by atoms with van der Waals surface area (Å²) in [5.41, 5.74) is 0.785. The Balaban J connectivity index is 1.64. The quantitative estimate of drug-likeness (QED) is 0.671. The number of furan rings is 1. The van der Waals surface area contributed by atoms with E-state index in [1.807, 2.05) is 18.2 Å². The molecule has 0 aliphatic rings. The van der Waals surface area contributed by atoms with Gasteiger partial charge in [0.2, 0.25) is 0 Å². The van der Waals surface area contributed by atoms with Crippen LogP contribution in [0.5, 0.6) is 5.75 Å². The number of nitrogens with one attached hydrogen (secondary N) is 2. The van der Waals surface area contributed by atoms with Crippen molar-refractivity contribution in [3.8, 4) is 5.75 Å². The zero-order valence-electron chi connectivity index (χ0n) is 14.8. The summed E-state index contributed by atoms with van der Waals surface area (Å²) in [7, 11) is 0. The predicted molar refractivity (Wildman–Crippen MR) is 101 cm³/mol. The first-order valence-corrected chi connectivity index (χ1v) is 8.55. The number of amides is 2. The average Bonchev–Trinajstić information content (AvgIpc) is 3.21. The fraction of sp³-hybridized carbons (Fsp3) is 0.143. The van der Waals surface area contributed by atoms with Crippen LogP contribution in [0.3, 0.4) is 0 Å². The lowest BCUT2D eigenvalue weighted by molar-refractivity contribution is -0.122. The number of carbonyl (C=O) groups is 2. The standard InChI is InChI=1S/C21H20N2O4/c1-15(27-16-8-3-2-4-9-16)20(24)23-19-12-6-5-11-18(19)21(25)22-14-17-10-7-13-26-17/h2-13,15H,14H2,1H3,(H,22,25)(H,23,24)/t15-/m0/s1. The highest BCUT2D eigenvalue weighted by molar-refractivity contribution is 6.04. The van der Waals surface area contributed by atoms with E-state index in [0.717, 1.165) is 0 Å². The van der Waals surface area contributed by atoms with Crippen LogP contribution < -0.4 is 15.4 Å². The van der Waals surface area contributed by atoms with Crippen LogP contribution in [0.25, 0.3) is 0 Å². The average molecular weight is 364 g/mol. The van der Waals surface area contributed by atoms with Crippen LogP contribution in [0.15, 0.2) is 77.4 Å². The largest absolute Gasteiger partial charge is 0.481 e. The molecule has 0 saturated carbocycles. The second kappa shape index (κ2) is 8.71. The van der Waals surface area contributed by atoms with E-state index in [0.29, 0.717) is 22.8 Å². The summed E-state index contributed by atoms with van der Waals surface area (Å²) < 4.78 is 10.8. The molecular formula is C21H20N2O4. The number of ether oxygens (including phenoxy) is 1. The summed E-state index contributed by atoms with van der Waals surface area (Å²) >= 11 is 0. The van der Waals surface area contributed by atoms with Crippen LogP contribution in [0.1, 0.15) is 23.0 Å². The molecule has 6 nitrogen and oxygen atoms in total. The molecular weight excluding hydrogens is 344 g/mol. The smallest absolute Gasteiger partial charge is 0.265 e. The van der Waals surface area contributed by atoms with E-state index >= 15 is 0 Å². The lowest BCUT2D eigenvalue weighted by atomic mass is 10.1. The molecule has 0 radical (unpaired) electrons. The van der Waals surface area contributed by atoms with Gasteiger partial charge in [0.25, 0.3) is 11.8 Å². The van der Waals surface area contributed by atoms with Gasteiger partial charge in [0.15, 0.2) is 6.10 Å². The van der Waals surface area contributed by atoms with E-state index in [4.69, 9.17) is 9.15 Å². The molecule has 0 spiro atoms. The normalized spacial score (nSPS) is 11.4. The van der Waals surface area contributed by atoms with Gasteiger partial charge in [-0.05, 0) is 43.3 Å². The van der Waals surface area contributed by atoms with Crippen molar-refractivity contribution in [1.29, 1.82) is 0 Å². The molecule has 3 aromatic rings. The maximum atomic E-state index is 12.5. The Morgan fingerprint density at radius 1 is 1.00 bits per heavy atom. The molecule has 2 aromatic carbocycles. The van der Waals surface area contributed by atoms with Crippen molar-refractivity contribution in [2.75, 3.05) is 5.32 Å². The minimum atomic E-state index is -0.716. The van der Waals surface area contributed by atoms with Gasteiger partial charge in [-0.3, -0.25) is 9.59 Å². The SMILES string of the molecule is C[C@H](Oc1ccccc1)C(=O)Nc1ccccc1C(=O)NCc1ccco1. The van der Waals surface area contributed by atoms with Gasteiger partial charge in [-0.25, -0.2) is 0 Å². The summed E-state index contributed by atoms with van der Waals surface area (Å²) in [4.78, 5) is 24.9. The molecule has 0 saturated heterocycles. The monoisotopic (exact) mass is 364 g/mol. The Bertz CT molecular complexity index is 892. The summed E-state index contributed by atoms with van der Waals surface area (Å²) in [5, 5.41) is 5.53. The van der Waals surface area contributed by atoms with E-state index in [1.165, 1.54) is 0 Å². The van der Waals surface area contributed by atoms with Crippen molar-refractivity contribution in [2.45, 2.75) is 19.6 Å². The van der Waals surface area contributed by atoms with Crippen LogP contribution in [0, 0.1) is 0 Å². The molecule has 3 rings (SSSR count). The predicted octanol–water partition coefficient (Wildman–Crippen LogP) is 3.62. The number of hydrogen-bond acceptors (Lipinski definition) is 4. The van der Waals surface area contributed by atoms with Crippen LogP contribution in [-0.4, -0.2) is 17.9 Å². The van der Waals surface area contributed by atoms with E-state index in [1.54, 1.807) is 61.7 Å². The van der Waals surface area contributed by atoms with Crippen LogP contribution in [0.4, 0.5) is 5.69 Å². The Morgan fingerprint density at radius 2 is 1.74 bits per heavy atom. The molecule has 1 heterocycles. The Morgan fingerprint density at radius 3 is 2.48 bits per heavy atom. The number of carbonyl (C=O) groups excluding carboxylic acids is 2. The van der Waals surface area contributed by atoms with E-state index < -0.39 is 6.10 Å². The summed E-state index contributed by atoms with van der Waals surface area (Å²) in [6.07, 6.45) is 0.829. The zero-order valence-corrected chi connectivity index (χ0v) is 14.8. The Hall–Kier alpha value is -3.54. The second-order valence-electron chi connectivity index (χ2n) is 5.87. The first-order valence-electron chi connectivity index (χ1n) is 8.55.